The zero-order chi connectivity index (χ0) is 18.8. The van der Waals surface area contributed by atoms with E-state index in [4.69, 9.17) is 21.8 Å². The predicted octanol–water partition coefficient (Wildman–Crippen LogP) is 5.12. The molecule has 1 unspecified atom stereocenters. The summed E-state index contributed by atoms with van der Waals surface area (Å²) in [5, 5.41) is 0.650. The Kier molecular flexibility index (Phi) is 8.34. The molecule has 1 saturated heterocycles. The molecule has 29 heavy (non-hydrogen) atoms. The molecule has 156 valence electrons. The number of fused-ring (bicyclic) bond motifs is 1. The summed E-state index contributed by atoms with van der Waals surface area (Å²) < 4.78 is 5.89. The second-order valence-corrected chi connectivity index (χ2v) is 7.48. The van der Waals surface area contributed by atoms with Crippen molar-refractivity contribution in [2.45, 2.75) is 31.2 Å². The van der Waals surface area contributed by atoms with Gasteiger partial charge in [0.25, 0.3) is 0 Å². The number of aromatic nitrogens is 1. The lowest BCUT2D eigenvalue weighted by molar-refractivity contribution is -0.132. The molecule has 4 rings (SSSR count). The number of halogens is 3. The van der Waals surface area contributed by atoms with E-state index in [1.807, 2.05) is 47.4 Å². The van der Waals surface area contributed by atoms with Gasteiger partial charge in [-0.05, 0) is 36.6 Å². The molecular weight excluding hydrogens is 433 g/mol. The Balaban J connectivity index is 0.00000150. The number of amides is 1. The lowest BCUT2D eigenvalue weighted by Crippen LogP contribution is -2.39. The summed E-state index contributed by atoms with van der Waals surface area (Å²) >= 11 is 6.02. The monoisotopic (exact) mass is 455 g/mol. The number of carbonyl (C=O) groups excluding carboxylic acids is 1. The van der Waals surface area contributed by atoms with Crippen molar-refractivity contribution in [2.75, 3.05) is 13.1 Å². The molecular formula is C21H24Cl3N3O2. The van der Waals surface area contributed by atoms with Crippen LogP contribution in [0.2, 0.25) is 5.02 Å². The third kappa shape index (κ3) is 5.43. The summed E-state index contributed by atoms with van der Waals surface area (Å²) in [4.78, 5) is 19.1. The zero-order valence-corrected chi connectivity index (χ0v) is 18.2. The van der Waals surface area contributed by atoms with Gasteiger partial charge in [-0.2, -0.15) is 0 Å². The number of oxazole rings is 1. The molecule has 2 N–H and O–H groups in total. The number of rotatable bonds is 4. The quantitative estimate of drug-likeness (QED) is 0.591. The van der Waals surface area contributed by atoms with Gasteiger partial charge in [0.1, 0.15) is 5.52 Å². The van der Waals surface area contributed by atoms with Crippen LogP contribution in [0.5, 0.6) is 0 Å². The molecule has 0 spiro atoms. The van der Waals surface area contributed by atoms with E-state index < -0.39 is 0 Å². The van der Waals surface area contributed by atoms with Crippen LogP contribution in [0.4, 0.5) is 0 Å². The van der Waals surface area contributed by atoms with Gasteiger partial charge in [0.15, 0.2) is 11.5 Å². The van der Waals surface area contributed by atoms with Crippen molar-refractivity contribution in [3.8, 4) is 0 Å². The average Bonchev–Trinajstić information content (AvgIpc) is 3.12. The molecule has 2 heterocycles. The summed E-state index contributed by atoms with van der Waals surface area (Å²) in [6, 6.07) is 15.0. The third-order valence-corrected chi connectivity index (χ3v) is 5.42. The van der Waals surface area contributed by atoms with E-state index in [9.17, 15) is 4.79 Å². The number of benzene rings is 2. The first-order valence-electron chi connectivity index (χ1n) is 9.24. The van der Waals surface area contributed by atoms with E-state index >= 15 is 0 Å². The maximum Gasteiger partial charge on any atom is 0.224 e. The molecule has 2 aromatic carbocycles. The number of hydrogen-bond acceptors (Lipinski definition) is 4. The van der Waals surface area contributed by atoms with Gasteiger partial charge in [-0.25, -0.2) is 4.98 Å². The molecule has 3 aromatic rings. The summed E-state index contributed by atoms with van der Waals surface area (Å²) in [6.45, 7) is 1.40. The summed E-state index contributed by atoms with van der Waals surface area (Å²) in [6.07, 6.45) is 2.01. The molecule has 8 heteroatoms. The minimum atomic E-state index is -0.266. The van der Waals surface area contributed by atoms with E-state index in [0.29, 0.717) is 24.5 Å². The zero-order valence-electron chi connectivity index (χ0n) is 15.8. The largest absolute Gasteiger partial charge is 0.440 e. The van der Waals surface area contributed by atoms with Crippen LogP contribution in [0, 0.1) is 0 Å². The van der Waals surface area contributed by atoms with E-state index in [-0.39, 0.29) is 42.7 Å². The van der Waals surface area contributed by atoms with Crippen molar-refractivity contribution >= 4 is 53.4 Å². The van der Waals surface area contributed by atoms with Crippen LogP contribution in [-0.4, -0.2) is 28.9 Å². The van der Waals surface area contributed by atoms with Gasteiger partial charge in [0, 0.05) is 36.5 Å². The number of nitrogens with two attached hydrogens (primary N) is 1. The van der Waals surface area contributed by atoms with Crippen LogP contribution in [0.25, 0.3) is 11.1 Å². The molecule has 0 bridgehead atoms. The molecule has 0 radical (unpaired) electrons. The van der Waals surface area contributed by atoms with Crippen molar-refractivity contribution in [3.05, 3.63) is 65.0 Å². The number of likely N-dealkylation sites (tertiary alicyclic amines) is 1. The Morgan fingerprint density at radius 2 is 1.86 bits per heavy atom. The highest BCUT2D eigenvalue weighted by atomic mass is 35.5. The SMILES string of the molecule is Cl.Cl.NC(CC(=O)N1CCC(c2nc3cc(Cl)ccc3o2)CC1)c1ccccc1. The van der Waals surface area contributed by atoms with Gasteiger partial charge in [0.05, 0.1) is 0 Å². The second kappa shape index (κ2) is 10.3. The van der Waals surface area contributed by atoms with Crippen LogP contribution in [0.1, 0.15) is 42.7 Å². The Bertz CT molecular complexity index is 941. The summed E-state index contributed by atoms with van der Waals surface area (Å²) in [5.74, 6) is 1.07. The predicted molar refractivity (Wildman–Crippen MR) is 120 cm³/mol. The van der Waals surface area contributed by atoms with E-state index in [1.165, 1.54) is 0 Å². The van der Waals surface area contributed by atoms with E-state index in [1.54, 1.807) is 6.07 Å². The van der Waals surface area contributed by atoms with Crippen molar-refractivity contribution in [1.82, 2.24) is 9.88 Å². The van der Waals surface area contributed by atoms with Crippen LogP contribution >= 0.6 is 36.4 Å². The molecule has 1 aliphatic rings. The first kappa shape index (κ1) is 23.5. The van der Waals surface area contributed by atoms with Crippen LogP contribution in [-0.2, 0) is 4.79 Å². The minimum absolute atomic E-state index is 0. The number of nitrogens with zero attached hydrogens (tertiary/aromatic N) is 2. The van der Waals surface area contributed by atoms with Gasteiger partial charge in [0.2, 0.25) is 5.91 Å². The number of piperidine rings is 1. The summed E-state index contributed by atoms with van der Waals surface area (Å²) in [5.41, 5.74) is 8.72. The van der Waals surface area contributed by atoms with Crippen molar-refractivity contribution < 1.29 is 9.21 Å². The van der Waals surface area contributed by atoms with Gasteiger partial charge >= 0.3 is 0 Å². The Morgan fingerprint density at radius 1 is 1.17 bits per heavy atom. The number of hydrogen-bond donors (Lipinski definition) is 1. The topological polar surface area (TPSA) is 72.4 Å². The molecule has 0 aliphatic carbocycles. The fourth-order valence-corrected chi connectivity index (χ4v) is 3.77. The number of carbonyl (C=O) groups is 1. The van der Waals surface area contributed by atoms with Crippen LogP contribution < -0.4 is 5.73 Å². The van der Waals surface area contributed by atoms with Gasteiger partial charge in [-0.15, -0.1) is 24.8 Å². The van der Waals surface area contributed by atoms with Crippen molar-refractivity contribution in [3.63, 3.8) is 0 Å². The molecule has 1 atom stereocenters. The second-order valence-electron chi connectivity index (χ2n) is 7.04. The highest BCUT2D eigenvalue weighted by Gasteiger charge is 2.27. The molecule has 1 aromatic heterocycles. The maximum atomic E-state index is 12.6. The Morgan fingerprint density at radius 3 is 2.55 bits per heavy atom. The molecule has 1 amide bonds. The van der Waals surface area contributed by atoms with E-state index in [2.05, 4.69) is 4.98 Å². The lowest BCUT2D eigenvalue weighted by Gasteiger charge is -2.31. The Hall–Kier alpha value is -1.79. The van der Waals surface area contributed by atoms with Crippen LogP contribution in [0.3, 0.4) is 0 Å². The first-order valence-corrected chi connectivity index (χ1v) is 9.62. The smallest absolute Gasteiger partial charge is 0.224 e. The van der Waals surface area contributed by atoms with Gasteiger partial charge in [-0.3, -0.25) is 4.79 Å². The molecule has 1 aliphatic heterocycles. The fourth-order valence-electron chi connectivity index (χ4n) is 3.60. The molecule has 0 saturated carbocycles. The Labute approximate surface area is 187 Å². The standard InChI is InChI=1S/C21H22ClN3O2.2ClH/c22-16-6-7-19-18(12-16)24-21(27-19)15-8-10-25(11-9-15)20(26)13-17(23)14-4-2-1-3-5-14;;/h1-7,12,15,17H,8-11,13,23H2;2*1H. The third-order valence-electron chi connectivity index (χ3n) is 5.19. The average molecular weight is 457 g/mol. The highest BCUT2D eigenvalue weighted by Crippen LogP contribution is 2.31. The fraction of sp³-hybridized carbons (Fsp3) is 0.333. The van der Waals surface area contributed by atoms with Crippen molar-refractivity contribution in [2.24, 2.45) is 5.73 Å². The van der Waals surface area contributed by atoms with Gasteiger partial charge in [-0.1, -0.05) is 41.9 Å². The normalized spacial score (nSPS) is 15.4. The van der Waals surface area contributed by atoms with Gasteiger partial charge < -0.3 is 15.1 Å². The molecule has 5 nitrogen and oxygen atoms in total. The minimum Gasteiger partial charge on any atom is -0.440 e. The lowest BCUT2D eigenvalue weighted by atomic mass is 9.96. The first-order chi connectivity index (χ1) is 13.1. The van der Waals surface area contributed by atoms with Crippen LogP contribution in [0.15, 0.2) is 52.9 Å². The van der Waals surface area contributed by atoms with E-state index in [0.717, 1.165) is 35.4 Å². The van der Waals surface area contributed by atoms with Crippen molar-refractivity contribution in [1.29, 1.82) is 0 Å². The summed E-state index contributed by atoms with van der Waals surface area (Å²) in [7, 11) is 0. The highest BCUT2D eigenvalue weighted by molar-refractivity contribution is 6.31. The maximum absolute atomic E-state index is 12.6. The molecule has 1 fully saturated rings.